The summed E-state index contributed by atoms with van der Waals surface area (Å²) in [5.41, 5.74) is 1.92. The summed E-state index contributed by atoms with van der Waals surface area (Å²) in [6.45, 7) is 7.18. The van der Waals surface area contributed by atoms with Gasteiger partial charge in [-0.15, -0.1) is 0 Å². The molecule has 1 unspecified atom stereocenters. The van der Waals surface area contributed by atoms with Gasteiger partial charge in [-0.3, -0.25) is 4.68 Å². The fraction of sp³-hybridized carbons (Fsp3) is 0.417. The summed E-state index contributed by atoms with van der Waals surface area (Å²) in [6, 6.07) is 9.36. The molecule has 0 aliphatic heterocycles. The number of rotatable bonds is 11. The standard InChI is InChI=1S/C24H34N8O2/c1-24(2,3)30-23-20(12-25)22(27-13-17-9-10-32(5)31-17)28-21(29-23)16-7-6-8-19(11-16)34-15-18(33)14-26-4/h6-12,18,25-26,33H,13-15H2,1-5H3,(H2,27,28,29,30). The maximum Gasteiger partial charge on any atom is 0.164 e. The fourth-order valence-electron chi connectivity index (χ4n) is 3.26. The highest BCUT2D eigenvalue weighted by atomic mass is 16.5. The van der Waals surface area contributed by atoms with E-state index in [4.69, 9.17) is 20.1 Å². The highest BCUT2D eigenvalue weighted by Gasteiger charge is 2.19. The number of nitrogens with one attached hydrogen (secondary N) is 4. The van der Waals surface area contributed by atoms with Gasteiger partial charge in [-0.25, -0.2) is 9.97 Å². The van der Waals surface area contributed by atoms with Crippen LogP contribution in [0.4, 0.5) is 11.6 Å². The van der Waals surface area contributed by atoms with Gasteiger partial charge in [0.1, 0.15) is 30.1 Å². The molecule has 0 saturated heterocycles. The van der Waals surface area contributed by atoms with Crippen molar-refractivity contribution < 1.29 is 9.84 Å². The minimum absolute atomic E-state index is 0.172. The summed E-state index contributed by atoms with van der Waals surface area (Å²) in [6.07, 6.45) is 2.52. The Morgan fingerprint density at radius 2 is 1.97 bits per heavy atom. The molecule has 0 aliphatic rings. The molecule has 1 atom stereocenters. The Kier molecular flexibility index (Phi) is 8.19. The zero-order valence-corrected chi connectivity index (χ0v) is 20.4. The van der Waals surface area contributed by atoms with Gasteiger partial charge < -0.3 is 31.2 Å². The van der Waals surface area contributed by atoms with Crippen LogP contribution in [0.1, 0.15) is 32.0 Å². The lowest BCUT2D eigenvalue weighted by atomic mass is 10.1. The first-order valence-electron chi connectivity index (χ1n) is 11.2. The molecule has 0 spiro atoms. The Labute approximate surface area is 200 Å². The molecule has 0 aliphatic carbocycles. The number of anilines is 2. The Morgan fingerprint density at radius 3 is 2.62 bits per heavy atom. The van der Waals surface area contributed by atoms with Crippen molar-refractivity contribution in [2.24, 2.45) is 7.05 Å². The Morgan fingerprint density at radius 1 is 1.21 bits per heavy atom. The first-order chi connectivity index (χ1) is 16.2. The molecule has 0 amide bonds. The first-order valence-corrected chi connectivity index (χ1v) is 11.2. The number of benzene rings is 1. The van der Waals surface area contributed by atoms with Crippen molar-refractivity contribution in [3.8, 4) is 17.1 Å². The number of aliphatic hydroxyl groups excluding tert-OH is 1. The van der Waals surface area contributed by atoms with Gasteiger partial charge in [0.15, 0.2) is 5.82 Å². The van der Waals surface area contributed by atoms with E-state index in [1.807, 2.05) is 64.3 Å². The lowest BCUT2D eigenvalue weighted by Crippen LogP contribution is -2.29. The highest BCUT2D eigenvalue weighted by Crippen LogP contribution is 2.28. The molecule has 0 fully saturated rings. The molecular weight excluding hydrogens is 432 g/mol. The van der Waals surface area contributed by atoms with E-state index in [2.05, 4.69) is 21.0 Å². The van der Waals surface area contributed by atoms with Crippen molar-refractivity contribution in [3.05, 3.63) is 47.8 Å². The largest absolute Gasteiger partial charge is 0.491 e. The van der Waals surface area contributed by atoms with Crippen LogP contribution in [0, 0.1) is 5.41 Å². The number of hydrogen-bond donors (Lipinski definition) is 5. The fourth-order valence-corrected chi connectivity index (χ4v) is 3.26. The molecule has 2 heterocycles. The van der Waals surface area contributed by atoms with Gasteiger partial charge in [-0.1, -0.05) is 12.1 Å². The molecule has 10 heteroatoms. The smallest absolute Gasteiger partial charge is 0.164 e. The van der Waals surface area contributed by atoms with Gasteiger partial charge >= 0.3 is 0 Å². The van der Waals surface area contributed by atoms with Crippen LogP contribution in [-0.4, -0.2) is 62.9 Å². The van der Waals surface area contributed by atoms with E-state index in [1.54, 1.807) is 11.7 Å². The van der Waals surface area contributed by atoms with Crippen molar-refractivity contribution in [3.63, 3.8) is 0 Å². The van der Waals surface area contributed by atoms with Crippen molar-refractivity contribution in [2.75, 3.05) is 30.8 Å². The SMILES string of the molecule is CNCC(O)COc1cccc(-c2nc(NCc3ccn(C)n3)c(C=N)c(NC(C)(C)C)n2)c1. The van der Waals surface area contributed by atoms with Crippen molar-refractivity contribution in [1.29, 1.82) is 5.41 Å². The maximum absolute atomic E-state index is 9.93. The molecule has 182 valence electrons. The molecule has 1 aromatic carbocycles. The molecule has 34 heavy (non-hydrogen) atoms. The summed E-state index contributed by atoms with van der Waals surface area (Å²) in [5.74, 6) is 2.20. The van der Waals surface area contributed by atoms with Crippen LogP contribution in [0.25, 0.3) is 11.4 Å². The Hall–Kier alpha value is -3.50. The summed E-state index contributed by atoms with van der Waals surface area (Å²) in [5, 5.41) is 32.0. The number of aromatic nitrogens is 4. The van der Waals surface area contributed by atoms with E-state index in [9.17, 15) is 5.11 Å². The lowest BCUT2D eigenvalue weighted by molar-refractivity contribution is 0.108. The zero-order valence-electron chi connectivity index (χ0n) is 20.4. The van der Waals surface area contributed by atoms with Crippen molar-refractivity contribution in [2.45, 2.75) is 39.0 Å². The highest BCUT2D eigenvalue weighted by molar-refractivity contribution is 5.91. The van der Waals surface area contributed by atoms with Gasteiger partial charge in [0.2, 0.25) is 0 Å². The molecule has 3 rings (SSSR count). The van der Waals surface area contributed by atoms with Crippen LogP contribution < -0.4 is 20.7 Å². The summed E-state index contributed by atoms with van der Waals surface area (Å²) >= 11 is 0. The van der Waals surface area contributed by atoms with Gasteiger partial charge in [0.25, 0.3) is 0 Å². The molecule has 10 nitrogen and oxygen atoms in total. The number of nitrogens with zero attached hydrogens (tertiary/aromatic N) is 4. The van der Waals surface area contributed by atoms with Gasteiger partial charge in [0, 0.05) is 37.1 Å². The number of aliphatic hydroxyl groups is 1. The molecule has 0 bridgehead atoms. The average molecular weight is 467 g/mol. The third-order valence-corrected chi connectivity index (χ3v) is 4.76. The van der Waals surface area contributed by atoms with E-state index in [0.29, 0.717) is 41.9 Å². The Bertz CT molecular complexity index is 1110. The quantitative estimate of drug-likeness (QED) is 0.272. The predicted molar refractivity (Wildman–Crippen MR) is 135 cm³/mol. The zero-order chi connectivity index (χ0) is 24.7. The molecule has 3 aromatic rings. The van der Waals surface area contributed by atoms with Crippen LogP contribution in [0.2, 0.25) is 0 Å². The van der Waals surface area contributed by atoms with Crippen molar-refractivity contribution >= 4 is 17.9 Å². The molecule has 0 saturated carbocycles. The number of aryl methyl sites for hydroxylation is 1. The van der Waals surface area contributed by atoms with E-state index >= 15 is 0 Å². The average Bonchev–Trinajstić information content (AvgIpc) is 3.20. The van der Waals surface area contributed by atoms with Crippen LogP contribution in [-0.2, 0) is 13.6 Å². The third-order valence-electron chi connectivity index (χ3n) is 4.76. The molecule has 0 radical (unpaired) electrons. The Balaban J connectivity index is 1.95. The minimum atomic E-state index is -0.609. The second-order valence-electron chi connectivity index (χ2n) is 9.06. The normalized spacial score (nSPS) is 12.3. The predicted octanol–water partition coefficient (Wildman–Crippen LogP) is 2.66. The maximum atomic E-state index is 9.93. The van der Waals surface area contributed by atoms with Crippen molar-refractivity contribution in [1.82, 2.24) is 25.1 Å². The van der Waals surface area contributed by atoms with Gasteiger partial charge in [0.05, 0.1) is 17.8 Å². The summed E-state index contributed by atoms with van der Waals surface area (Å²) in [4.78, 5) is 9.47. The van der Waals surface area contributed by atoms with Crippen LogP contribution >= 0.6 is 0 Å². The second kappa shape index (κ2) is 11.1. The van der Waals surface area contributed by atoms with Gasteiger partial charge in [-0.05, 0) is 46.0 Å². The third kappa shape index (κ3) is 7.00. The van der Waals surface area contributed by atoms with E-state index < -0.39 is 6.10 Å². The minimum Gasteiger partial charge on any atom is -0.491 e. The number of ether oxygens (including phenoxy) is 1. The first kappa shape index (κ1) is 25.1. The van der Waals surface area contributed by atoms with E-state index in [0.717, 1.165) is 11.3 Å². The van der Waals surface area contributed by atoms with Gasteiger partial charge in [-0.2, -0.15) is 5.10 Å². The molecule has 2 aromatic heterocycles. The topological polar surface area (TPSA) is 133 Å². The van der Waals surface area contributed by atoms with E-state index in [-0.39, 0.29) is 12.1 Å². The summed E-state index contributed by atoms with van der Waals surface area (Å²) in [7, 11) is 3.65. The molecule has 5 N–H and O–H groups in total. The molecular formula is C24H34N8O2. The monoisotopic (exact) mass is 466 g/mol. The lowest BCUT2D eigenvalue weighted by Gasteiger charge is -2.24. The number of likely N-dealkylation sites (N-methyl/N-ethyl adjacent to an activating group) is 1. The summed E-state index contributed by atoms with van der Waals surface area (Å²) < 4.78 is 7.49. The van der Waals surface area contributed by atoms with Crippen LogP contribution in [0.5, 0.6) is 5.75 Å². The number of hydrogen-bond acceptors (Lipinski definition) is 9. The van der Waals surface area contributed by atoms with Crippen LogP contribution in [0.3, 0.4) is 0 Å². The van der Waals surface area contributed by atoms with E-state index in [1.165, 1.54) is 6.21 Å². The van der Waals surface area contributed by atoms with Crippen LogP contribution in [0.15, 0.2) is 36.5 Å². The second-order valence-corrected chi connectivity index (χ2v) is 9.06.